The van der Waals surface area contributed by atoms with Crippen LogP contribution in [0.2, 0.25) is 0 Å². The molecule has 1 aromatic heterocycles. The van der Waals surface area contributed by atoms with Gasteiger partial charge in [-0.1, -0.05) is 13.8 Å². The van der Waals surface area contributed by atoms with Gasteiger partial charge in [0, 0.05) is 19.8 Å². The minimum atomic E-state index is -0.0117. The number of likely N-dealkylation sites (N-methyl/N-ethyl adjacent to an activating group) is 1. The highest BCUT2D eigenvalue weighted by Gasteiger charge is 2.08. The zero-order valence-electron chi connectivity index (χ0n) is 12.4. The van der Waals surface area contributed by atoms with E-state index >= 15 is 0 Å². The van der Waals surface area contributed by atoms with Crippen molar-refractivity contribution in [3.63, 3.8) is 0 Å². The molecule has 1 rings (SSSR count). The Morgan fingerprint density at radius 1 is 1.50 bits per heavy atom. The maximum absolute atomic E-state index is 11.8. The molecule has 5 nitrogen and oxygen atoms in total. The lowest BCUT2D eigenvalue weighted by molar-refractivity contribution is -0.119. The molecule has 0 saturated carbocycles. The largest absolute Gasteiger partial charge is 0.355 e. The van der Waals surface area contributed by atoms with Crippen molar-refractivity contribution in [3.8, 4) is 6.07 Å². The number of hydrogen-bond acceptors (Lipinski definition) is 4. The normalized spacial score (nSPS) is 10.2. The molecule has 1 aromatic rings. The van der Waals surface area contributed by atoms with Crippen molar-refractivity contribution in [2.24, 2.45) is 5.92 Å². The molecule has 0 aliphatic carbocycles. The second-order valence-corrected chi connectivity index (χ2v) is 5.26. The van der Waals surface area contributed by atoms with Gasteiger partial charge in [-0.05, 0) is 30.9 Å². The van der Waals surface area contributed by atoms with Gasteiger partial charge in [-0.25, -0.2) is 4.98 Å². The van der Waals surface area contributed by atoms with Crippen LogP contribution in [-0.2, 0) is 4.79 Å². The van der Waals surface area contributed by atoms with Gasteiger partial charge in [0.15, 0.2) is 0 Å². The van der Waals surface area contributed by atoms with Crippen LogP contribution in [0, 0.1) is 17.2 Å². The summed E-state index contributed by atoms with van der Waals surface area (Å²) < 4.78 is 0. The van der Waals surface area contributed by atoms with E-state index in [1.54, 1.807) is 17.0 Å². The van der Waals surface area contributed by atoms with Crippen LogP contribution in [0.25, 0.3) is 0 Å². The average Bonchev–Trinajstić information content (AvgIpc) is 2.43. The number of nitrogens with zero attached hydrogens (tertiary/aromatic N) is 3. The van der Waals surface area contributed by atoms with Gasteiger partial charge in [0.05, 0.1) is 12.1 Å². The Morgan fingerprint density at radius 2 is 2.25 bits per heavy atom. The van der Waals surface area contributed by atoms with Gasteiger partial charge in [-0.2, -0.15) is 5.26 Å². The van der Waals surface area contributed by atoms with E-state index in [0.717, 1.165) is 12.8 Å². The van der Waals surface area contributed by atoms with Crippen LogP contribution >= 0.6 is 0 Å². The van der Waals surface area contributed by atoms with Crippen molar-refractivity contribution >= 4 is 11.7 Å². The Hall–Kier alpha value is -2.09. The number of anilines is 1. The first-order valence-corrected chi connectivity index (χ1v) is 6.87. The van der Waals surface area contributed by atoms with E-state index in [1.165, 1.54) is 6.20 Å². The first-order valence-electron chi connectivity index (χ1n) is 6.87. The smallest absolute Gasteiger partial charge is 0.239 e. The number of carbonyl (C=O) groups excluding carboxylic acids is 1. The Balaban J connectivity index is 2.35. The number of carbonyl (C=O) groups is 1. The van der Waals surface area contributed by atoms with Crippen LogP contribution in [-0.4, -0.2) is 31.0 Å². The number of nitriles is 1. The van der Waals surface area contributed by atoms with Gasteiger partial charge < -0.3 is 10.2 Å². The van der Waals surface area contributed by atoms with E-state index in [-0.39, 0.29) is 12.5 Å². The van der Waals surface area contributed by atoms with Gasteiger partial charge in [-0.3, -0.25) is 4.79 Å². The molecule has 0 radical (unpaired) electrons. The number of amides is 1. The first kappa shape index (κ1) is 16.0. The van der Waals surface area contributed by atoms with Gasteiger partial charge in [0.25, 0.3) is 0 Å². The van der Waals surface area contributed by atoms with Crippen molar-refractivity contribution in [1.29, 1.82) is 5.26 Å². The highest BCUT2D eigenvalue weighted by molar-refractivity contribution is 5.80. The Kier molecular flexibility index (Phi) is 6.51. The second-order valence-electron chi connectivity index (χ2n) is 5.26. The first-order chi connectivity index (χ1) is 9.52. The summed E-state index contributed by atoms with van der Waals surface area (Å²) in [6.07, 6.45) is 3.63. The predicted molar refractivity (Wildman–Crippen MR) is 79.3 cm³/mol. The van der Waals surface area contributed by atoms with E-state index in [1.807, 2.05) is 13.1 Å². The molecule has 0 spiro atoms. The second kappa shape index (κ2) is 8.16. The quantitative estimate of drug-likeness (QED) is 0.771. The molecule has 5 heteroatoms. The number of rotatable bonds is 7. The molecular formula is C15H22N4O. The summed E-state index contributed by atoms with van der Waals surface area (Å²) in [5.74, 6) is 1.33. The van der Waals surface area contributed by atoms with Gasteiger partial charge >= 0.3 is 0 Å². The summed E-state index contributed by atoms with van der Waals surface area (Å²) in [6, 6.07) is 5.45. The van der Waals surface area contributed by atoms with Crippen LogP contribution < -0.4 is 10.2 Å². The lowest BCUT2D eigenvalue weighted by Gasteiger charge is -2.17. The summed E-state index contributed by atoms with van der Waals surface area (Å²) >= 11 is 0. The topological polar surface area (TPSA) is 69.0 Å². The SMILES string of the molecule is CC(C)CCCNC(=O)CN(C)c1ccc(C#N)cn1. The Labute approximate surface area is 120 Å². The van der Waals surface area contributed by atoms with Crippen LogP contribution in [0.1, 0.15) is 32.3 Å². The van der Waals surface area contributed by atoms with Crippen molar-refractivity contribution < 1.29 is 4.79 Å². The summed E-state index contributed by atoms with van der Waals surface area (Å²) in [4.78, 5) is 17.7. The van der Waals surface area contributed by atoms with Crippen molar-refractivity contribution in [2.45, 2.75) is 26.7 Å². The number of nitrogens with one attached hydrogen (secondary N) is 1. The third-order valence-electron chi connectivity index (χ3n) is 2.93. The highest BCUT2D eigenvalue weighted by atomic mass is 16.2. The van der Waals surface area contributed by atoms with E-state index < -0.39 is 0 Å². The molecule has 0 aliphatic heterocycles. The minimum Gasteiger partial charge on any atom is -0.355 e. The summed E-state index contributed by atoms with van der Waals surface area (Å²) in [6.45, 7) is 5.32. The summed E-state index contributed by atoms with van der Waals surface area (Å²) in [7, 11) is 1.81. The molecule has 20 heavy (non-hydrogen) atoms. The molecule has 0 aromatic carbocycles. The monoisotopic (exact) mass is 274 g/mol. The molecule has 0 unspecified atom stereocenters. The van der Waals surface area contributed by atoms with E-state index in [9.17, 15) is 4.79 Å². The Bertz CT molecular complexity index is 462. The van der Waals surface area contributed by atoms with Crippen LogP contribution in [0.5, 0.6) is 0 Å². The van der Waals surface area contributed by atoms with Crippen LogP contribution in [0.15, 0.2) is 18.3 Å². The molecule has 0 atom stereocenters. The van der Waals surface area contributed by atoms with Crippen LogP contribution in [0.3, 0.4) is 0 Å². The average molecular weight is 274 g/mol. The highest BCUT2D eigenvalue weighted by Crippen LogP contribution is 2.08. The van der Waals surface area contributed by atoms with Crippen LogP contribution in [0.4, 0.5) is 5.82 Å². The zero-order chi connectivity index (χ0) is 15.0. The summed E-state index contributed by atoms with van der Waals surface area (Å²) in [5, 5.41) is 11.6. The van der Waals surface area contributed by atoms with Gasteiger partial charge in [0.2, 0.25) is 5.91 Å². The number of pyridine rings is 1. The Morgan fingerprint density at radius 3 is 2.80 bits per heavy atom. The minimum absolute atomic E-state index is 0.0117. The fourth-order valence-electron chi connectivity index (χ4n) is 1.77. The van der Waals surface area contributed by atoms with E-state index in [0.29, 0.717) is 23.8 Å². The van der Waals surface area contributed by atoms with E-state index in [2.05, 4.69) is 24.1 Å². The van der Waals surface area contributed by atoms with Gasteiger partial charge in [-0.15, -0.1) is 0 Å². The number of hydrogen-bond donors (Lipinski definition) is 1. The zero-order valence-corrected chi connectivity index (χ0v) is 12.4. The number of aromatic nitrogens is 1. The summed E-state index contributed by atoms with van der Waals surface area (Å²) in [5.41, 5.74) is 0.514. The standard InChI is InChI=1S/C15H22N4O/c1-12(2)5-4-8-17-15(20)11-19(3)14-7-6-13(9-16)10-18-14/h6-7,10,12H,4-5,8,11H2,1-3H3,(H,17,20). The third kappa shape index (κ3) is 5.70. The van der Waals surface area contributed by atoms with Crippen molar-refractivity contribution in [1.82, 2.24) is 10.3 Å². The molecule has 0 fully saturated rings. The fraction of sp³-hybridized carbons (Fsp3) is 0.533. The maximum Gasteiger partial charge on any atom is 0.239 e. The lowest BCUT2D eigenvalue weighted by Crippen LogP contribution is -2.36. The van der Waals surface area contributed by atoms with Crippen molar-refractivity contribution in [3.05, 3.63) is 23.9 Å². The molecule has 1 heterocycles. The predicted octanol–water partition coefficient (Wildman–Crippen LogP) is 1.94. The molecular weight excluding hydrogens is 252 g/mol. The molecule has 108 valence electrons. The lowest BCUT2D eigenvalue weighted by atomic mass is 10.1. The third-order valence-corrected chi connectivity index (χ3v) is 2.93. The molecule has 1 N–H and O–H groups in total. The van der Waals surface area contributed by atoms with E-state index in [4.69, 9.17) is 5.26 Å². The fourth-order valence-corrected chi connectivity index (χ4v) is 1.77. The molecule has 0 aliphatic rings. The molecule has 0 saturated heterocycles. The maximum atomic E-state index is 11.8. The molecule has 0 bridgehead atoms. The van der Waals surface area contributed by atoms with Crippen molar-refractivity contribution in [2.75, 3.05) is 25.0 Å². The molecule has 1 amide bonds. The van der Waals surface area contributed by atoms with Gasteiger partial charge in [0.1, 0.15) is 11.9 Å².